The highest BCUT2D eigenvalue weighted by molar-refractivity contribution is 6.07. The summed E-state index contributed by atoms with van der Waals surface area (Å²) in [7, 11) is 0. The number of fused-ring (bicyclic) bond motifs is 1. The van der Waals surface area contributed by atoms with Crippen LogP contribution < -0.4 is 4.90 Å². The van der Waals surface area contributed by atoms with Gasteiger partial charge in [-0.2, -0.15) is 0 Å². The van der Waals surface area contributed by atoms with Gasteiger partial charge in [0.2, 0.25) is 5.91 Å². The summed E-state index contributed by atoms with van der Waals surface area (Å²) in [5, 5.41) is 2.05. The molecular weight excluding hydrogens is 420 g/mol. The van der Waals surface area contributed by atoms with Crippen LogP contribution in [0.3, 0.4) is 0 Å². The van der Waals surface area contributed by atoms with E-state index >= 15 is 0 Å². The van der Waals surface area contributed by atoms with Crippen molar-refractivity contribution < 1.29 is 9.59 Å². The lowest BCUT2D eigenvalue weighted by Gasteiger charge is -2.34. The van der Waals surface area contributed by atoms with E-state index in [4.69, 9.17) is 0 Å². The van der Waals surface area contributed by atoms with Crippen LogP contribution in [0.4, 0.5) is 5.69 Å². The second kappa shape index (κ2) is 9.92. The Labute approximate surface area is 200 Å². The van der Waals surface area contributed by atoms with Gasteiger partial charge in [0.25, 0.3) is 5.91 Å². The molecule has 4 heteroatoms. The summed E-state index contributed by atoms with van der Waals surface area (Å²) in [6.07, 6.45) is 1.35. The zero-order valence-electron chi connectivity index (χ0n) is 19.1. The highest BCUT2D eigenvalue weighted by Gasteiger charge is 2.31. The highest BCUT2D eigenvalue weighted by Crippen LogP contribution is 2.27. The molecule has 0 spiro atoms. The molecule has 1 fully saturated rings. The van der Waals surface area contributed by atoms with E-state index in [9.17, 15) is 9.59 Å². The molecule has 0 aliphatic carbocycles. The molecule has 1 aliphatic heterocycles. The summed E-state index contributed by atoms with van der Waals surface area (Å²) in [6, 6.07) is 33.8. The van der Waals surface area contributed by atoms with E-state index in [0.717, 1.165) is 27.6 Å². The predicted molar refractivity (Wildman–Crippen MR) is 137 cm³/mol. The fourth-order valence-corrected chi connectivity index (χ4v) is 4.80. The Hall–Kier alpha value is -3.92. The van der Waals surface area contributed by atoms with Gasteiger partial charge in [0.1, 0.15) is 0 Å². The smallest absolute Gasteiger partial charge is 0.254 e. The number of carbonyl (C=O) groups excluding carboxylic acids is 2. The Morgan fingerprint density at radius 2 is 1.35 bits per heavy atom. The number of para-hydroxylation sites is 1. The van der Waals surface area contributed by atoms with Crippen molar-refractivity contribution in [1.82, 2.24) is 4.90 Å². The number of hydrogen-bond acceptors (Lipinski definition) is 2. The number of amides is 2. The first kappa shape index (κ1) is 21.9. The van der Waals surface area contributed by atoms with Gasteiger partial charge in [-0.1, -0.05) is 84.9 Å². The topological polar surface area (TPSA) is 40.6 Å². The average molecular weight is 449 g/mol. The van der Waals surface area contributed by atoms with Crippen LogP contribution >= 0.6 is 0 Å². The number of anilines is 1. The fourth-order valence-electron chi connectivity index (χ4n) is 4.80. The van der Waals surface area contributed by atoms with Crippen molar-refractivity contribution in [3.63, 3.8) is 0 Å². The first-order chi connectivity index (χ1) is 16.7. The zero-order chi connectivity index (χ0) is 23.3. The zero-order valence-corrected chi connectivity index (χ0v) is 19.1. The van der Waals surface area contributed by atoms with Gasteiger partial charge >= 0.3 is 0 Å². The minimum absolute atomic E-state index is 0.0481. The summed E-state index contributed by atoms with van der Waals surface area (Å²) in [5.41, 5.74) is 2.74. The SMILES string of the molecule is O=C(c1cccc2ccccc12)N1CCC(C(=O)N(Cc2ccccc2)c2ccccc2)CC1. The average Bonchev–Trinajstić information content (AvgIpc) is 2.92. The first-order valence-electron chi connectivity index (χ1n) is 11.9. The molecule has 170 valence electrons. The van der Waals surface area contributed by atoms with E-state index < -0.39 is 0 Å². The largest absolute Gasteiger partial charge is 0.339 e. The van der Waals surface area contributed by atoms with Crippen LogP contribution in [0.25, 0.3) is 10.8 Å². The first-order valence-corrected chi connectivity index (χ1v) is 11.9. The maximum atomic E-state index is 13.6. The van der Waals surface area contributed by atoms with Gasteiger partial charge in [0.15, 0.2) is 0 Å². The van der Waals surface area contributed by atoms with Crippen LogP contribution in [0, 0.1) is 5.92 Å². The molecule has 0 bridgehead atoms. The molecule has 4 aromatic rings. The van der Waals surface area contributed by atoms with Gasteiger partial charge in [-0.15, -0.1) is 0 Å². The van der Waals surface area contributed by atoms with Crippen molar-refractivity contribution in [2.75, 3.05) is 18.0 Å². The number of carbonyl (C=O) groups is 2. The Morgan fingerprint density at radius 3 is 2.09 bits per heavy atom. The Kier molecular flexibility index (Phi) is 6.39. The molecule has 0 aromatic heterocycles. The van der Waals surface area contributed by atoms with Crippen molar-refractivity contribution in [2.24, 2.45) is 5.92 Å². The van der Waals surface area contributed by atoms with E-state index in [2.05, 4.69) is 12.1 Å². The molecular formula is C30H28N2O2. The minimum atomic E-state index is -0.0968. The standard InChI is InChI=1S/C30H28N2O2/c33-29(32(26-14-5-2-6-15-26)22-23-10-3-1-4-11-23)25-18-20-31(21-19-25)30(34)28-17-9-13-24-12-7-8-16-27(24)28/h1-17,25H,18-22H2. The lowest BCUT2D eigenvalue weighted by Crippen LogP contribution is -2.44. The molecule has 0 saturated carbocycles. The minimum Gasteiger partial charge on any atom is -0.339 e. The molecule has 1 heterocycles. The van der Waals surface area contributed by atoms with Crippen molar-refractivity contribution in [2.45, 2.75) is 19.4 Å². The lowest BCUT2D eigenvalue weighted by atomic mass is 9.93. The molecule has 0 radical (unpaired) electrons. The van der Waals surface area contributed by atoms with Gasteiger partial charge in [-0.25, -0.2) is 0 Å². The third-order valence-electron chi connectivity index (χ3n) is 6.67. The van der Waals surface area contributed by atoms with Crippen LogP contribution in [0.2, 0.25) is 0 Å². The monoisotopic (exact) mass is 448 g/mol. The van der Waals surface area contributed by atoms with Crippen molar-refractivity contribution in [3.8, 4) is 0 Å². The molecule has 0 unspecified atom stereocenters. The summed E-state index contributed by atoms with van der Waals surface area (Å²) in [4.78, 5) is 30.8. The van der Waals surface area contributed by atoms with Gasteiger partial charge in [0, 0.05) is 30.3 Å². The maximum absolute atomic E-state index is 13.6. The summed E-state index contributed by atoms with van der Waals surface area (Å²) < 4.78 is 0. The van der Waals surface area contributed by atoms with E-state index in [0.29, 0.717) is 32.5 Å². The quantitative estimate of drug-likeness (QED) is 0.380. The summed E-state index contributed by atoms with van der Waals surface area (Å²) >= 11 is 0. The van der Waals surface area contributed by atoms with Crippen LogP contribution in [0.15, 0.2) is 103 Å². The molecule has 0 atom stereocenters. The number of benzene rings is 4. The van der Waals surface area contributed by atoms with E-state index in [-0.39, 0.29) is 17.7 Å². The maximum Gasteiger partial charge on any atom is 0.254 e. The molecule has 2 amide bonds. The Balaban J connectivity index is 1.30. The molecule has 0 N–H and O–H groups in total. The van der Waals surface area contributed by atoms with Crippen molar-refractivity contribution >= 4 is 28.3 Å². The molecule has 34 heavy (non-hydrogen) atoms. The number of piperidine rings is 1. The van der Waals surface area contributed by atoms with Crippen LogP contribution in [-0.4, -0.2) is 29.8 Å². The van der Waals surface area contributed by atoms with E-state index in [1.165, 1.54) is 0 Å². The third-order valence-corrected chi connectivity index (χ3v) is 6.67. The highest BCUT2D eigenvalue weighted by atomic mass is 16.2. The number of likely N-dealkylation sites (tertiary alicyclic amines) is 1. The fraction of sp³-hybridized carbons (Fsp3) is 0.200. The number of nitrogens with zero attached hydrogens (tertiary/aromatic N) is 2. The normalized spacial score (nSPS) is 14.2. The summed E-state index contributed by atoms with van der Waals surface area (Å²) in [5.74, 6) is 0.0831. The predicted octanol–water partition coefficient (Wildman–Crippen LogP) is 5.93. The molecule has 4 aromatic carbocycles. The van der Waals surface area contributed by atoms with Gasteiger partial charge in [-0.05, 0) is 47.4 Å². The van der Waals surface area contributed by atoms with Crippen LogP contribution in [0.1, 0.15) is 28.8 Å². The van der Waals surface area contributed by atoms with Crippen LogP contribution in [-0.2, 0) is 11.3 Å². The lowest BCUT2D eigenvalue weighted by molar-refractivity contribution is -0.123. The Morgan fingerprint density at radius 1 is 0.735 bits per heavy atom. The second-order valence-corrected chi connectivity index (χ2v) is 8.84. The van der Waals surface area contributed by atoms with Crippen molar-refractivity contribution in [3.05, 3.63) is 114 Å². The third kappa shape index (κ3) is 4.58. The molecule has 4 nitrogen and oxygen atoms in total. The Bertz CT molecular complexity index is 1270. The second-order valence-electron chi connectivity index (χ2n) is 8.84. The van der Waals surface area contributed by atoms with Gasteiger partial charge < -0.3 is 9.80 Å². The molecule has 1 aliphatic rings. The van der Waals surface area contributed by atoms with Crippen LogP contribution in [0.5, 0.6) is 0 Å². The molecule has 5 rings (SSSR count). The summed E-state index contributed by atoms with van der Waals surface area (Å²) in [6.45, 7) is 1.72. The molecule has 1 saturated heterocycles. The number of hydrogen-bond donors (Lipinski definition) is 0. The van der Waals surface area contributed by atoms with Gasteiger partial charge in [-0.3, -0.25) is 9.59 Å². The number of rotatable bonds is 5. The van der Waals surface area contributed by atoms with Gasteiger partial charge in [0.05, 0.1) is 6.54 Å². The van der Waals surface area contributed by atoms with E-state index in [1.807, 2.05) is 101 Å². The van der Waals surface area contributed by atoms with Crippen molar-refractivity contribution in [1.29, 1.82) is 0 Å². The van der Waals surface area contributed by atoms with E-state index in [1.54, 1.807) is 0 Å².